The number of halogens is 7. The van der Waals surface area contributed by atoms with Crippen molar-refractivity contribution in [2.45, 2.75) is 44.4 Å². The van der Waals surface area contributed by atoms with Gasteiger partial charge in [-0.15, -0.1) is 0 Å². The maximum atomic E-state index is 13.4. The van der Waals surface area contributed by atoms with Crippen molar-refractivity contribution >= 4 is 62.5 Å². The molecule has 6 nitrogen and oxygen atoms in total. The number of aromatic nitrogens is 4. The summed E-state index contributed by atoms with van der Waals surface area (Å²) >= 11 is 21.2. The molecule has 13 heteroatoms. The second kappa shape index (κ2) is 9.13. The van der Waals surface area contributed by atoms with Crippen LogP contribution in [0.4, 0.5) is 19.0 Å². The van der Waals surface area contributed by atoms with Crippen LogP contribution in [0.2, 0.25) is 15.1 Å². The van der Waals surface area contributed by atoms with Gasteiger partial charge in [-0.3, -0.25) is 14.2 Å². The summed E-state index contributed by atoms with van der Waals surface area (Å²) in [7, 11) is 0. The highest BCUT2D eigenvalue weighted by Gasteiger charge is 2.43. The lowest BCUT2D eigenvalue weighted by molar-refractivity contribution is -0.142. The lowest BCUT2D eigenvalue weighted by Gasteiger charge is -2.15. The first-order chi connectivity index (χ1) is 15.5. The summed E-state index contributed by atoms with van der Waals surface area (Å²) in [5, 5.41) is 11.5. The molecule has 1 aliphatic carbocycles. The summed E-state index contributed by atoms with van der Waals surface area (Å²) in [6.45, 7) is 1.79. The third kappa shape index (κ3) is 5.18. The van der Waals surface area contributed by atoms with Crippen LogP contribution in [-0.2, 0) is 17.5 Å². The van der Waals surface area contributed by atoms with Crippen molar-refractivity contribution in [3.8, 4) is 0 Å². The molecule has 0 bridgehead atoms. The molecule has 1 amide bonds. The van der Waals surface area contributed by atoms with Crippen molar-refractivity contribution in [2.75, 3.05) is 5.32 Å². The summed E-state index contributed by atoms with van der Waals surface area (Å²) in [4.78, 5) is 12.9. The van der Waals surface area contributed by atoms with E-state index in [0.29, 0.717) is 22.3 Å². The Morgan fingerprint density at radius 1 is 1.21 bits per heavy atom. The van der Waals surface area contributed by atoms with Crippen molar-refractivity contribution in [1.82, 2.24) is 19.6 Å². The van der Waals surface area contributed by atoms with Crippen molar-refractivity contribution in [1.29, 1.82) is 0 Å². The van der Waals surface area contributed by atoms with E-state index in [4.69, 9.17) is 34.8 Å². The predicted molar refractivity (Wildman–Crippen MR) is 123 cm³/mol. The molecule has 1 atom stereocenters. The minimum atomic E-state index is -4.64. The van der Waals surface area contributed by atoms with Crippen LogP contribution < -0.4 is 5.32 Å². The van der Waals surface area contributed by atoms with Crippen molar-refractivity contribution in [3.05, 3.63) is 60.9 Å². The minimum absolute atomic E-state index is 0.0766. The molecule has 0 aliphatic heterocycles. The number of alkyl halides is 3. The van der Waals surface area contributed by atoms with Gasteiger partial charge in [0.1, 0.15) is 11.1 Å². The standard InChI is InChI=1S/C20H16BrCl3F3N5O/c1-9(32-16(11-3-4-11)15(21)17(29-32)20(25,26)27)19(33)28-18-14(24)8-31(30-18)7-10-2-5-12(22)13(23)6-10/h2,5-6,8-9,11H,3-4,7H2,1H3,(H,28,30,33). The summed E-state index contributed by atoms with van der Waals surface area (Å²) in [5.41, 5.74) is 0.124. The van der Waals surface area contributed by atoms with Crippen LogP contribution in [0.15, 0.2) is 28.9 Å². The van der Waals surface area contributed by atoms with E-state index in [1.165, 1.54) is 17.8 Å². The molecule has 1 saturated carbocycles. The van der Waals surface area contributed by atoms with Gasteiger partial charge < -0.3 is 5.32 Å². The van der Waals surface area contributed by atoms with E-state index >= 15 is 0 Å². The summed E-state index contributed by atoms with van der Waals surface area (Å²) < 4.78 is 42.6. The number of carbonyl (C=O) groups excluding carboxylic acids is 1. The lowest BCUT2D eigenvalue weighted by Crippen LogP contribution is -2.26. The van der Waals surface area contributed by atoms with Gasteiger partial charge in [-0.1, -0.05) is 40.9 Å². The lowest BCUT2D eigenvalue weighted by atomic mass is 10.2. The van der Waals surface area contributed by atoms with E-state index in [2.05, 4.69) is 31.4 Å². The average molecular weight is 586 g/mol. The second-order valence-electron chi connectivity index (χ2n) is 7.70. The molecule has 0 saturated heterocycles. The Hall–Kier alpha value is -1.75. The quantitative estimate of drug-likeness (QED) is 0.341. The summed E-state index contributed by atoms with van der Waals surface area (Å²) in [6, 6.07) is 4.10. The summed E-state index contributed by atoms with van der Waals surface area (Å²) in [5.74, 6) is -0.585. The highest BCUT2D eigenvalue weighted by atomic mass is 79.9. The zero-order valence-corrected chi connectivity index (χ0v) is 20.8. The Bertz CT molecular complexity index is 1220. The van der Waals surface area contributed by atoms with Gasteiger partial charge in [-0.05, 0) is 53.4 Å². The van der Waals surface area contributed by atoms with Gasteiger partial charge in [-0.25, -0.2) is 0 Å². The molecule has 4 rings (SSSR count). The fourth-order valence-electron chi connectivity index (χ4n) is 3.35. The van der Waals surface area contributed by atoms with E-state index in [0.717, 1.165) is 23.1 Å². The maximum Gasteiger partial charge on any atom is 0.436 e. The molecule has 33 heavy (non-hydrogen) atoms. The molecule has 176 valence electrons. The smallest absolute Gasteiger partial charge is 0.306 e. The largest absolute Gasteiger partial charge is 0.436 e. The monoisotopic (exact) mass is 583 g/mol. The van der Waals surface area contributed by atoms with Crippen LogP contribution in [0.25, 0.3) is 0 Å². The molecule has 2 aromatic heterocycles. The van der Waals surface area contributed by atoms with Gasteiger partial charge in [0, 0.05) is 12.1 Å². The molecule has 1 N–H and O–H groups in total. The number of nitrogens with zero attached hydrogens (tertiary/aromatic N) is 4. The third-order valence-corrected chi connectivity index (χ3v) is 6.95. The molecule has 1 aromatic carbocycles. The number of hydrogen-bond donors (Lipinski definition) is 1. The van der Waals surface area contributed by atoms with Crippen LogP contribution in [-0.4, -0.2) is 25.5 Å². The molecule has 0 spiro atoms. The highest BCUT2D eigenvalue weighted by Crippen LogP contribution is 2.47. The predicted octanol–water partition coefficient (Wildman–Crippen LogP) is 6.95. The number of anilines is 1. The van der Waals surface area contributed by atoms with E-state index in [1.807, 2.05) is 0 Å². The van der Waals surface area contributed by atoms with Crippen LogP contribution in [0.1, 0.15) is 48.7 Å². The Balaban J connectivity index is 1.54. The molecule has 1 unspecified atom stereocenters. The SMILES string of the molecule is CC(C(=O)Nc1nn(Cc2ccc(Cl)c(Cl)c2)cc1Cl)n1nc(C(F)(F)F)c(Br)c1C1CC1. The number of carbonyl (C=O) groups is 1. The molecular weight excluding hydrogens is 570 g/mol. The number of benzene rings is 1. The Morgan fingerprint density at radius 2 is 1.91 bits per heavy atom. The maximum absolute atomic E-state index is 13.4. The van der Waals surface area contributed by atoms with E-state index in [-0.39, 0.29) is 21.2 Å². The third-order valence-electron chi connectivity index (χ3n) is 5.15. The zero-order chi connectivity index (χ0) is 24.1. The van der Waals surface area contributed by atoms with E-state index in [1.54, 1.807) is 18.2 Å². The Kier molecular flexibility index (Phi) is 6.74. The van der Waals surface area contributed by atoms with Gasteiger partial charge in [0.15, 0.2) is 11.5 Å². The number of hydrogen-bond acceptors (Lipinski definition) is 3. The van der Waals surface area contributed by atoms with Crippen LogP contribution >= 0.6 is 50.7 Å². The topological polar surface area (TPSA) is 64.7 Å². The zero-order valence-electron chi connectivity index (χ0n) is 16.9. The molecule has 0 radical (unpaired) electrons. The second-order valence-corrected chi connectivity index (χ2v) is 9.72. The van der Waals surface area contributed by atoms with Gasteiger partial charge in [0.2, 0.25) is 5.91 Å². The van der Waals surface area contributed by atoms with Gasteiger partial charge in [0.25, 0.3) is 0 Å². The molecule has 2 heterocycles. The van der Waals surface area contributed by atoms with Crippen LogP contribution in [0, 0.1) is 0 Å². The van der Waals surface area contributed by atoms with E-state index in [9.17, 15) is 18.0 Å². The minimum Gasteiger partial charge on any atom is -0.306 e. The van der Waals surface area contributed by atoms with Crippen molar-refractivity contribution < 1.29 is 18.0 Å². The Morgan fingerprint density at radius 3 is 2.52 bits per heavy atom. The average Bonchev–Trinajstić information content (AvgIpc) is 3.42. The molecule has 1 aliphatic rings. The molecular formula is C20H16BrCl3F3N5O. The van der Waals surface area contributed by atoms with Crippen molar-refractivity contribution in [3.63, 3.8) is 0 Å². The normalized spacial score (nSPS) is 15.0. The van der Waals surface area contributed by atoms with Gasteiger partial charge in [0.05, 0.1) is 26.8 Å². The van der Waals surface area contributed by atoms with Gasteiger partial charge >= 0.3 is 6.18 Å². The number of nitrogens with one attached hydrogen (secondary N) is 1. The first kappa shape index (κ1) is 24.4. The van der Waals surface area contributed by atoms with Crippen LogP contribution in [0.5, 0.6) is 0 Å². The highest BCUT2D eigenvalue weighted by molar-refractivity contribution is 9.10. The van der Waals surface area contributed by atoms with Crippen molar-refractivity contribution in [2.24, 2.45) is 0 Å². The summed E-state index contributed by atoms with van der Waals surface area (Å²) in [6.07, 6.45) is -1.65. The first-order valence-corrected chi connectivity index (χ1v) is 11.7. The first-order valence-electron chi connectivity index (χ1n) is 9.78. The van der Waals surface area contributed by atoms with Gasteiger partial charge in [-0.2, -0.15) is 23.4 Å². The Labute approximate surface area is 210 Å². The fraction of sp³-hybridized carbons (Fsp3) is 0.350. The molecule has 3 aromatic rings. The number of rotatable bonds is 6. The van der Waals surface area contributed by atoms with Crippen LogP contribution in [0.3, 0.4) is 0 Å². The number of amides is 1. The van der Waals surface area contributed by atoms with E-state index < -0.39 is 23.8 Å². The molecule has 1 fully saturated rings. The fourth-order valence-corrected chi connectivity index (χ4v) is 4.67.